The van der Waals surface area contributed by atoms with Crippen LogP contribution in [0.5, 0.6) is 0 Å². The normalized spacial score (nSPS) is 12.1. The molecule has 0 spiro atoms. The standard InChI is InChI=1S/C18H16N4OS2/c1-22-13-7-3-5-9-15(13)25-18(22)21-20-16(23)10-11-17-19-12-6-2-4-8-14(12)24-17/h2-9H,10-11H2,1H3,(H,20,23)/b21-18-. The van der Waals surface area contributed by atoms with Crippen molar-refractivity contribution in [1.82, 2.24) is 15.0 Å². The fourth-order valence-corrected chi connectivity index (χ4v) is 4.55. The molecule has 0 fully saturated rings. The number of carbonyl (C=O) groups excluding carboxylic acids is 1. The number of hydrogen-bond donors (Lipinski definition) is 1. The Hall–Kier alpha value is -2.51. The summed E-state index contributed by atoms with van der Waals surface area (Å²) in [6, 6.07) is 16.1. The van der Waals surface area contributed by atoms with E-state index in [1.165, 1.54) is 0 Å². The van der Waals surface area contributed by atoms with Gasteiger partial charge in [-0.25, -0.2) is 10.4 Å². The van der Waals surface area contributed by atoms with E-state index in [2.05, 4.69) is 15.5 Å². The van der Waals surface area contributed by atoms with Gasteiger partial charge in [0.15, 0.2) is 0 Å². The lowest BCUT2D eigenvalue weighted by Crippen LogP contribution is -2.23. The zero-order chi connectivity index (χ0) is 17.2. The number of rotatable bonds is 4. The molecule has 0 bridgehead atoms. The summed E-state index contributed by atoms with van der Waals surface area (Å²) in [6.45, 7) is 0. The molecule has 0 aliphatic rings. The fraction of sp³-hybridized carbons (Fsp3) is 0.167. The molecule has 0 saturated heterocycles. The lowest BCUT2D eigenvalue weighted by molar-refractivity contribution is -0.121. The summed E-state index contributed by atoms with van der Waals surface area (Å²) in [6.07, 6.45) is 0.997. The van der Waals surface area contributed by atoms with E-state index in [9.17, 15) is 4.79 Å². The van der Waals surface area contributed by atoms with Gasteiger partial charge in [0.25, 0.3) is 0 Å². The van der Waals surface area contributed by atoms with Crippen LogP contribution in [-0.2, 0) is 18.3 Å². The Labute approximate surface area is 152 Å². The van der Waals surface area contributed by atoms with Crippen LogP contribution in [0.4, 0.5) is 0 Å². The number of carbonyl (C=O) groups is 1. The van der Waals surface area contributed by atoms with Crippen molar-refractivity contribution >= 4 is 49.0 Å². The molecule has 7 heteroatoms. The van der Waals surface area contributed by atoms with Crippen molar-refractivity contribution in [2.24, 2.45) is 12.1 Å². The SMILES string of the molecule is Cn1/c(=N/NC(=O)CCc2nc3ccccc3s2)sc2ccccc21. The van der Waals surface area contributed by atoms with Crippen LogP contribution >= 0.6 is 22.7 Å². The topological polar surface area (TPSA) is 59.3 Å². The highest BCUT2D eigenvalue weighted by Crippen LogP contribution is 2.22. The second kappa shape index (κ2) is 6.78. The first kappa shape index (κ1) is 16.0. The van der Waals surface area contributed by atoms with Crippen molar-refractivity contribution in [3.63, 3.8) is 0 Å². The molecular formula is C18H16N4OS2. The van der Waals surface area contributed by atoms with Gasteiger partial charge in [0.05, 0.1) is 25.4 Å². The lowest BCUT2D eigenvalue weighted by atomic mass is 10.3. The Morgan fingerprint density at radius 2 is 1.88 bits per heavy atom. The van der Waals surface area contributed by atoms with Crippen molar-refractivity contribution in [2.45, 2.75) is 12.8 Å². The Balaban J connectivity index is 1.44. The highest BCUT2D eigenvalue weighted by atomic mass is 32.1. The largest absolute Gasteiger partial charge is 0.318 e. The quantitative estimate of drug-likeness (QED) is 0.561. The Kier molecular flexibility index (Phi) is 4.33. The van der Waals surface area contributed by atoms with E-state index in [-0.39, 0.29) is 5.91 Å². The van der Waals surface area contributed by atoms with Crippen molar-refractivity contribution in [3.8, 4) is 0 Å². The molecule has 0 atom stereocenters. The van der Waals surface area contributed by atoms with Gasteiger partial charge < -0.3 is 4.57 Å². The first-order valence-corrected chi connectivity index (χ1v) is 9.55. The molecule has 0 unspecified atom stereocenters. The number of aryl methyl sites for hydroxylation is 2. The highest BCUT2D eigenvalue weighted by Gasteiger charge is 2.07. The molecule has 4 rings (SSSR count). The van der Waals surface area contributed by atoms with E-state index in [0.717, 1.165) is 30.2 Å². The maximum Gasteiger partial charge on any atom is 0.240 e. The maximum absolute atomic E-state index is 12.1. The Bertz CT molecular complexity index is 1090. The zero-order valence-electron chi connectivity index (χ0n) is 13.6. The van der Waals surface area contributed by atoms with Gasteiger partial charge in [-0.05, 0) is 24.3 Å². The van der Waals surface area contributed by atoms with Crippen LogP contribution in [0.1, 0.15) is 11.4 Å². The number of benzene rings is 2. The summed E-state index contributed by atoms with van der Waals surface area (Å²) in [7, 11) is 1.95. The van der Waals surface area contributed by atoms with Crippen LogP contribution in [0.25, 0.3) is 20.4 Å². The van der Waals surface area contributed by atoms with Gasteiger partial charge in [-0.3, -0.25) is 4.79 Å². The van der Waals surface area contributed by atoms with Gasteiger partial charge in [0.2, 0.25) is 10.7 Å². The van der Waals surface area contributed by atoms with E-state index in [0.29, 0.717) is 12.8 Å². The van der Waals surface area contributed by atoms with Gasteiger partial charge in [-0.15, -0.1) is 16.4 Å². The summed E-state index contributed by atoms with van der Waals surface area (Å²) in [5.41, 5.74) is 4.75. The van der Waals surface area contributed by atoms with Gasteiger partial charge in [0.1, 0.15) is 0 Å². The summed E-state index contributed by atoms with van der Waals surface area (Å²) in [5.74, 6) is -0.100. The number of hydrogen-bond acceptors (Lipinski definition) is 5. The summed E-state index contributed by atoms with van der Waals surface area (Å²) in [5, 5.41) is 5.24. The summed E-state index contributed by atoms with van der Waals surface area (Å²) in [4.78, 5) is 17.4. The predicted octanol–water partition coefficient (Wildman–Crippen LogP) is 3.41. The molecule has 25 heavy (non-hydrogen) atoms. The van der Waals surface area contributed by atoms with Gasteiger partial charge >= 0.3 is 0 Å². The molecule has 0 radical (unpaired) electrons. The van der Waals surface area contributed by atoms with Crippen LogP contribution in [0, 0.1) is 0 Å². The van der Waals surface area contributed by atoms with E-state index < -0.39 is 0 Å². The third-order valence-electron chi connectivity index (χ3n) is 3.90. The zero-order valence-corrected chi connectivity index (χ0v) is 15.2. The lowest BCUT2D eigenvalue weighted by Gasteiger charge is -1.98. The number of thiazole rings is 2. The summed E-state index contributed by atoms with van der Waals surface area (Å²) < 4.78 is 4.28. The van der Waals surface area contributed by atoms with Crippen LogP contribution in [0.3, 0.4) is 0 Å². The van der Waals surface area contributed by atoms with Crippen LogP contribution < -0.4 is 10.2 Å². The summed E-state index contributed by atoms with van der Waals surface area (Å²) >= 11 is 3.19. The molecule has 1 amide bonds. The first-order valence-electron chi connectivity index (χ1n) is 7.92. The number of aromatic nitrogens is 2. The van der Waals surface area contributed by atoms with Gasteiger partial charge in [-0.1, -0.05) is 35.6 Å². The number of nitrogens with one attached hydrogen (secondary N) is 1. The average molecular weight is 368 g/mol. The molecule has 2 aromatic heterocycles. The minimum absolute atomic E-state index is 0.100. The van der Waals surface area contributed by atoms with Crippen LogP contribution in [0.2, 0.25) is 0 Å². The molecule has 0 aliphatic carbocycles. The van der Waals surface area contributed by atoms with Crippen LogP contribution in [-0.4, -0.2) is 15.5 Å². The molecule has 126 valence electrons. The minimum Gasteiger partial charge on any atom is -0.318 e. The number of para-hydroxylation sites is 2. The fourth-order valence-electron chi connectivity index (χ4n) is 2.60. The number of amides is 1. The number of fused-ring (bicyclic) bond motifs is 2. The Morgan fingerprint density at radius 1 is 1.12 bits per heavy atom. The highest BCUT2D eigenvalue weighted by molar-refractivity contribution is 7.18. The van der Waals surface area contributed by atoms with Crippen LogP contribution in [0.15, 0.2) is 53.6 Å². The van der Waals surface area contributed by atoms with E-state index >= 15 is 0 Å². The molecule has 1 N–H and O–H groups in total. The maximum atomic E-state index is 12.1. The monoisotopic (exact) mass is 368 g/mol. The molecule has 0 aliphatic heterocycles. The van der Waals surface area contributed by atoms with Gasteiger partial charge in [0, 0.05) is 19.9 Å². The second-order valence-electron chi connectivity index (χ2n) is 5.63. The molecule has 2 heterocycles. The molecule has 4 aromatic rings. The molecule has 5 nitrogen and oxygen atoms in total. The first-order chi connectivity index (χ1) is 12.2. The minimum atomic E-state index is -0.100. The third-order valence-corrected chi connectivity index (χ3v) is 6.10. The third kappa shape index (κ3) is 3.33. The predicted molar refractivity (Wildman–Crippen MR) is 102 cm³/mol. The van der Waals surface area contributed by atoms with Crippen molar-refractivity contribution < 1.29 is 4.79 Å². The van der Waals surface area contributed by atoms with E-state index in [4.69, 9.17) is 0 Å². The molecular weight excluding hydrogens is 352 g/mol. The van der Waals surface area contributed by atoms with E-state index in [1.54, 1.807) is 22.7 Å². The molecule has 2 aromatic carbocycles. The Morgan fingerprint density at radius 3 is 2.68 bits per heavy atom. The number of nitrogens with zero attached hydrogens (tertiary/aromatic N) is 3. The van der Waals surface area contributed by atoms with Crippen molar-refractivity contribution in [1.29, 1.82) is 0 Å². The second-order valence-corrected chi connectivity index (χ2v) is 7.76. The molecule has 0 saturated carbocycles. The smallest absolute Gasteiger partial charge is 0.240 e. The van der Waals surface area contributed by atoms with Crippen molar-refractivity contribution in [3.05, 3.63) is 58.3 Å². The average Bonchev–Trinajstić information content (AvgIpc) is 3.19. The van der Waals surface area contributed by atoms with Crippen molar-refractivity contribution in [2.75, 3.05) is 0 Å². The van der Waals surface area contributed by atoms with Gasteiger partial charge in [-0.2, -0.15) is 0 Å². The van der Waals surface area contributed by atoms with E-state index in [1.807, 2.05) is 60.1 Å².